The number of thiophene rings is 1. The fourth-order valence-corrected chi connectivity index (χ4v) is 3.81. The number of fused-ring (bicyclic) bond motifs is 1. The summed E-state index contributed by atoms with van der Waals surface area (Å²) in [5, 5.41) is 1.17. The number of pyridine rings is 2. The number of ether oxygens (including phenoxy) is 1. The molecule has 0 bridgehead atoms. The lowest BCUT2D eigenvalue weighted by Crippen LogP contribution is -1.94. The molecule has 0 saturated carbocycles. The lowest BCUT2D eigenvalue weighted by atomic mass is 10.1. The second-order valence-corrected chi connectivity index (χ2v) is 7.29. The first kappa shape index (κ1) is 16.7. The highest BCUT2D eigenvalue weighted by molar-refractivity contribution is 7.21. The Morgan fingerprint density at radius 2 is 1.77 bits per heavy atom. The van der Waals surface area contributed by atoms with Crippen LogP contribution in [0.2, 0.25) is 0 Å². The number of hydrogen-bond donors (Lipinski definition) is 0. The van der Waals surface area contributed by atoms with Crippen LogP contribution < -0.4 is 4.74 Å². The third kappa shape index (κ3) is 3.46. The molecule has 0 unspecified atom stereocenters. The molecule has 130 valence electrons. The van der Waals surface area contributed by atoms with Gasteiger partial charge < -0.3 is 4.74 Å². The molecule has 0 fully saturated rings. The maximum Gasteiger partial charge on any atom is 0.124 e. The first-order valence-corrected chi connectivity index (χ1v) is 9.61. The minimum atomic E-state index is 0.753. The highest BCUT2D eigenvalue weighted by atomic mass is 32.1. The number of rotatable bonds is 5. The van der Waals surface area contributed by atoms with E-state index in [2.05, 4.69) is 48.3 Å². The van der Waals surface area contributed by atoms with Crippen LogP contribution in [0.4, 0.5) is 0 Å². The topological polar surface area (TPSA) is 35.0 Å². The first-order chi connectivity index (χ1) is 12.7. The van der Waals surface area contributed by atoms with Crippen molar-refractivity contribution < 1.29 is 4.74 Å². The molecule has 0 radical (unpaired) electrons. The highest BCUT2D eigenvalue weighted by Crippen LogP contribution is 2.34. The zero-order valence-electron chi connectivity index (χ0n) is 14.9. The van der Waals surface area contributed by atoms with E-state index in [1.807, 2.05) is 31.3 Å². The largest absolute Gasteiger partial charge is 0.494 e. The van der Waals surface area contributed by atoms with Gasteiger partial charge in [0, 0.05) is 27.7 Å². The van der Waals surface area contributed by atoms with Crippen LogP contribution in [0, 0.1) is 6.92 Å². The number of aromatic nitrogens is 2. The second-order valence-electron chi connectivity index (χ2n) is 6.26. The van der Waals surface area contributed by atoms with E-state index < -0.39 is 0 Å². The lowest BCUT2D eigenvalue weighted by molar-refractivity contribution is 0.317. The SMILES string of the molecule is CCCOc1ccc(-c2cc3ccc(-c4ccc(C)nc4)nc3s2)cc1. The Labute approximate surface area is 157 Å². The van der Waals surface area contributed by atoms with Crippen LogP contribution in [0.5, 0.6) is 5.75 Å². The quantitative estimate of drug-likeness (QED) is 0.430. The molecule has 3 nitrogen and oxygen atoms in total. The average molecular weight is 360 g/mol. The van der Waals surface area contributed by atoms with Gasteiger partial charge in [-0.1, -0.05) is 6.92 Å². The molecule has 4 rings (SSSR count). The van der Waals surface area contributed by atoms with E-state index in [4.69, 9.17) is 9.72 Å². The van der Waals surface area contributed by atoms with Gasteiger partial charge >= 0.3 is 0 Å². The minimum absolute atomic E-state index is 0.753. The van der Waals surface area contributed by atoms with E-state index in [-0.39, 0.29) is 0 Å². The van der Waals surface area contributed by atoms with E-state index in [0.717, 1.165) is 40.6 Å². The third-order valence-corrected chi connectivity index (χ3v) is 5.30. The lowest BCUT2D eigenvalue weighted by Gasteiger charge is -2.04. The van der Waals surface area contributed by atoms with Crippen molar-refractivity contribution >= 4 is 21.6 Å². The normalized spacial score (nSPS) is 11.0. The van der Waals surface area contributed by atoms with Gasteiger partial charge in [-0.2, -0.15) is 0 Å². The Hall–Kier alpha value is -2.72. The number of hydrogen-bond acceptors (Lipinski definition) is 4. The zero-order valence-corrected chi connectivity index (χ0v) is 15.7. The molecule has 1 aromatic carbocycles. The van der Waals surface area contributed by atoms with Crippen LogP contribution in [-0.2, 0) is 0 Å². The summed E-state index contributed by atoms with van der Waals surface area (Å²) in [7, 11) is 0. The molecule has 0 spiro atoms. The predicted octanol–water partition coefficient (Wildman–Crippen LogP) is 6.12. The second kappa shape index (κ2) is 7.26. The molecule has 3 aromatic heterocycles. The van der Waals surface area contributed by atoms with Crippen molar-refractivity contribution in [3.8, 4) is 27.4 Å². The summed E-state index contributed by atoms with van der Waals surface area (Å²) in [6, 6.07) is 18.8. The van der Waals surface area contributed by atoms with Gasteiger partial charge in [0.25, 0.3) is 0 Å². The summed E-state index contributed by atoms with van der Waals surface area (Å²) >= 11 is 1.71. The van der Waals surface area contributed by atoms with Crippen LogP contribution >= 0.6 is 11.3 Å². The molecule has 0 saturated heterocycles. The molecule has 0 aliphatic carbocycles. The van der Waals surface area contributed by atoms with Gasteiger partial charge in [-0.3, -0.25) is 4.98 Å². The summed E-state index contributed by atoms with van der Waals surface area (Å²) in [4.78, 5) is 11.5. The molecule has 0 amide bonds. The fourth-order valence-electron chi connectivity index (χ4n) is 2.78. The van der Waals surface area contributed by atoms with E-state index in [9.17, 15) is 0 Å². The van der Waals surface area contributed by atoms with E-state index in [0.29, 0.717) is 0 Å². The maximum atomic E-state index is 5.66. The molecule has 0 aliphatic heterocycles. The molecular weight excluding hydrogens is 340 g/mol. The van der Waals surface area contributed by atoms with Crippen molar-refractivity contribution in [1.82, 2.24) is 9.97 Å². The summed E-state index contributed by atoms with van der Waals surface area (Å²) in [6.45, 7) is 4.85. The molecule has 4 heteroatoms. The number of aryl methyl sites for hydroxylation is 1. The Kier molecular flexibility index (Phi) is 4.67. The van der Waals surface area contributed by atoms with Crippen LogP contribution in [0.1, 0.15) is 19.0 Å². The number of nitrogens with zero attached hydrogens (tertiary/aromatic N) is 2. The summed E-state index contributed by atoms with van der Waals surface area (Å²) in [5.41, 5.74) is 4.21. The van der Waals surface area contributed by atoms with Gasteiger partial charge in [-0.05, 0) is 73.5 Å². The standard InChI is InChI=1S/C22H20N2OS/c1-3-12-25-19-9-6-16(7-10-19)21-13-17-8-11-20(24-22(17)26-21)18-5-4-15(2)23-14-18/h4-11,13-14H,3,12H2,1-2H3. The monoisotopic (exact) mass is 360 g/mol. The molecule has 0 N–H and O–H groups in total. The van der Waals surface area contributed by atoms with E-state index >= 15 is 0 Å². The molecular formula is C22H20N2OS. The maximum absolute atomic E-state index is 5.66. The van der Waals surface area contributed by atoms with Crippen LogP contribution in [0.15, 0.2) is 60.8 Å². The van der Waals surface area contributed by atoms with Crippen LogP contribution in [-0.4, -0.2) is 16.6 Å². The molecule has 0 aliphatic rings. The molecule has 4 aromatic rings. The minimum Gasteiger partial charge on any atom is -0.494 e. The van der Waals surface area contributed by atoms with Gasteiger partial charge in [-0.25, -0.2) is 4.98 Å². The summed E-state index contributed by atoms with van der Waals surface area (Å²) in [5.74, 6) is 0.920. The third-order valence-electron chi connectivity index (χ3n) is 4.20. The predicted molar refractivity (Wildman–Crippen MR) is 109 cm³/mol. The summed E-state index contributed by atoms with van der Waals surface area (Å²) in [6.07, 6.45) is 2.90. The van der Waals surface area contributed by atoms with Crippen molar-refractivity contribution in [3.05, 3.63) is 66.5 Å². The van der Waals surface area contributed by atoms with Crippen LogP contribution in [0.3, 0.4) is 0 Å². The van der Waals surface area contributed by atoms with E-state index in [1.165, 1.54) is 15.8 Å². The van der Waals surface area contributed by atoms with Crippen molar-refractivity contribution in [3.63, 3.8) is 0 Å². The Bertz CT molecular complexity index is 1020. The fraction of sp³-hybridized carbons (Fsp3) is 0.182. The smallest absolute Gasteiger partial charge is 0.124 e. The van der Waals surface area contributed by atoms with Gasteiger partial charge in [-0.15, -0.1) is 11.3 Å². The average Bonchev–Trinajstić information content (AvgIpc) is 3.10. The van der Waals surface area contributed by atoms with Crippen molar-refractivity contribution in [2.24, 2.45) is 0 Å². The van der Waals surface area contributed by atoms with Crippen molar-refractivity contribution in [1.29, 1.82) is 0 Å². The Morgan fingerprint density at radius 3 is 2.50 bits per heavy atom. The van der Waals surface area contributed by atoms with Crippen molar-refractivity contribution in [2.45, 2.75) is 20.3 Å². The molecule has 0 atom stereocenters. The van der Waals surface area contributed by atoms with E-state index in [1.54, 1.807) is 11.3 Å². The molecule has 26 heavy (non-hydrogen) atoms. The van der Waals surface area contributed by atoms with Gasteiger partial charge in [0.05, 0.1) is 12.3 Å². The highest BCUT2D eigenvalue weighted by Gasteiger charge is 2.08. The van der Waals surface area contributed by atoms with Gasteiger partial charge in [0.15, 0.2) is 0 Å². The Morgan fingerprint density at radius 1 is 0.962 bits per heavy atom. The summed E-state index contributed by atoms with van der Waals surface area (Å²) < 4.78 is 5.66. The Balaban J connectivity index is 1.64. The van der Waals surface area contributed by atoms with Crippen molar-refractivity contribution in [2.75, 3.05) is 6.61 Å². The molecule has 3 heterocycles. The van der Waals surface area contributed by atoms with Gasteiger partial charge in [0.2, 0.25) is 0 Å². The van der Waals surface area contributed by atoms with Gasteiger partial charge in [0.1, 0.15) is 10.6 Å². The van der Waals surface area contributed by atoms with Crippen LogP contribution in [0.25, 0.3) is 31.9 Å². The number of benzene rings is 1. The zero-order chi connectivity index (χ0) is 17.9. The first-order valence-electron chi connectivity index (χ1n) is 8.80.